The molecule has 2 fully saturated rings. The van der Waals surface area contributed by atoms with Gasteiger partial charge in [-0.2, -0.15) is 0 Å². The highest BCUT2D eigenvalue weighted by molar-refractivity contribution is 5.85. The van der Waals surface area contributed by atoms with Gasteiger partial charge in [0.25, 0.3) is 0 Å². The van der Waals surface area contributed by atoms with Crippen LogP contribution in [0.4, 0.5) is 0 Å². The topological polar surface area (TPSA) is 60.8 Å². The molecule has 0 bridgehead atoms. The Morgan fingerprint density at radius 1 is 1.19 bits per heavy atom. The van der Waals surface area contributed by atoms with Gasteiger partial charge in [-0.3, -0.25) is 4.79 Å². The molecule has 2 aliphatic rings. The number of halogens is 1. The average Bonchev–Trinajstić information content (AvgIpc) is 2.60. The van der Waals surface area contributed by atoms with E-state index in [-0.39, 0.29) is 12.4 Å². The molecule has 146 valence electrons. The number of likely N-dealkylation sites (tertiary alicyclic amines) is 1. The zero-order chi connectivity index (χ0) is 17.9. The summed E-state index contributed by atoms with van der Waals surface area (Å²) in [6.07, 6.45) is 6.72. The van der Waals surface area contributed by atoms with Gasteiger partial charge in [-0.1, -0.05) is 49.6 Å². The number of aliphatic carboxylic acids is 1. The van der Waals surface area contributed by atoms with Crippen molar-refractivity contribution in [3.63, 3.8) is 0 Å². The van der Waals surface area contributed by atoms with Crippen LogP contribution in [0.15, 0.2) is 30.3 Å². The van der Waals surface area contributed by atoms with E-state index in [1.807, 2.05) is 30.3 Å². The maximum absolute atomic E-state index is 12.7. The van der Waals surface area contributed by atoms with Gasteiger partial charge in [0.1, 0.15) is 5.41 Å². The number of hydrogen-bond donors (Lipinski definition) is 2. The molecule has 0 radical (unpaired) electrons. The van der Waals surface area contributed by atoms with Gasteiger partial charge in [0.05, 0.1) is 5.60 Å². The first-order valence-corrected chi connectivity index (χ1v) is 9.68. The lowest BCUT2D eigenvalue weighted by atomic mass is 9.58. The van der Waals surface area contributed by atoms with E-state index in [1.54, 1.807) is 0 Å². The van der Waals surface area contributed by atoms with E-state index in [9.17, 15) is 15.0 Å². The first-order valence-electron chi connectivity index (χ1n) is 9.68. The van der Waals surface area contributed by atoms with Crippen molar-refractivity contribution in [2.75, 3.05) is 20.1 Å². The van der Waals surface area contributed by atoms with Crippen LogP contribution >= 0.6 is 12.4 Å². The summed E-state index contributed by atoms with van der Waals surface area (Å²) in [6.45, 7) is 1.99. The molecule has 4 nitrogen and oxygen atoms in total. The Balaban J connectivity index is 0.00000243. The minimum atomic E-state index is -1.21. The van der Waals surface area contributed by atoms with E-state index in [4.69, 9.17) is 0 Å². The number of carboxylic acid groups (broad SMARTS) is 1. The van der Waals surface area contributed by atoms with Crippen LogP contribution in [-0.2, 0) is 10.2 Å². The Kier molecular flexibility index (Phi) is 7.12. The lowest BCUT2D eigenvalue weighted by molar-refractivity contribution is -0.163. The first kappa shape index (κ1) is 21.2. The smallest absolute Gasteiger partial charge is 0.317 e. The molecule has 1 aromatic carbocycles. The molecule has 0 spiro atoms. The van der Waals surface area contributed by atoms with Crippen molar-refractivity contribution in [1.82, 2.24) is 4.90 Å². The molecular weight excluding hydrogens is 350 g/mol. The van der Waals surface area contributed by atoms with E-state index < -0.39 is 17.0 Å². The maximum atomic E-state index is 12.7. The molecule has 1 aromatic rings. The average molecular weight is 382 g/mol. The van der Waals surface area contributed by atoms with Gasteiger partial charge in [-0.15, -0.1) is 12.4 Å². The summed E-state index contributed by atoms with van der Waals surface area (Å²) in [4.78, 5) is 15.0. The summed E-state index contributed by atoms with van der Waals surface area (Å²) >= 11 is 0. The van der Waals surface area contributed by atoms with Gasteiger partial charge in [0, 0.05) is 6.54 Å². The summed E-state index contributed by atoms with van der Waals surface area (Å²) in [6, 6.07) is 9.49. The lowest BCUT2D eigenvalue weighted by Crippen LogP contribution is -2.59. The highest BCUT2D eigenvalue weighted by Gasteiger charge is 2.57. The Bertz CT molecular complexity index is 588. The van der Waals surface area contributed by atoms with Crippen LogP contribution in [0.2, 0.25) is 0 Å². The molecule has 1 saturated heterocycles. The first-order chi connectivity index (χ1) is 12.0. The number of carbonyl (C=O) groups is 1. The standard InChI is InChI=1S/C21H31NO3.ClH/c1-22-14-8-9-17(16-22)15-21(19(23)24,18-10-4-2-5-11-18)20(25)12-6-3-7-13-20;/h2,4-5,10-11,17,25H,3,6-9,12-16H2,1H3,(H,23,24);1H. The van der Waals surface area contributed by atoms with Crippen LogP contribution in [0.25, 0.3) is 0 Å². The van der Waals surface area contributed by atoms with E-state index in [2.05, 4.69) is 11.9 Å². The molecule has 0 amide bonds. The zero-order valence-electron chi connectivity index (χ0n) is 15.7. The highest BCUT2D eigenvalue weighted by Crippen LogP contribution is 2.49. The number of carboxylic acids is 1. The largest absolute Gasteiger partial charge is 0.480 e. The van der Waals surface area contributed by atoms with Crippen molar-refractivity contribution >= 4 is 18.4 Å². The quantitative estimate of drug-likeness (QED) is 0.813. The van der Waals surface area contributed by atoms with Crippen molar-refractivity contribution in [2.24, 2.45) is 5.92 Å². The number of rotatable bonds is 5. The number of piperidine rings is 1. The zero-order valence-corrected chi connectivity index (χ0v) is 16.5. The van der Waals surface area contributed by atoms with Gasteiger partial charge in [-0.05, 0) is 57.2 Å². The molecule has 1 heterocycles. The molecule has 2 atom stereocenters. The molecule has 1 saturated carbocycles. The van der Waals surface area contributed by atoms with Crippen molar-refractivity contribution in [3.8, 4) is 0 Å². The second-order valence-electron chi connectivity index (χ2n) is 8.14. The fraction of sp³-hybridized carbons (Fsp3) is 0.667. The monoisotopic (exact) mass is 381 g/mol. The van der Waals surface area contributed by atoms with E-state index in [0.29, 0.717) is 25.2 Å². The molecule has 1 aliphatic carbocycles. The SMILES string of the molecule is CN1CCCC(CC(C(=O)O)(c2ccccc2)C2(O)CCCCC2)C1.Cl. The summed E-state index contributed by atoms with van der Waals surface area (Å²) in [5.41, 5.74) is -1.61. The predicted molar refractivity (Wildman–Crippen MR) is 106 cm³/mol. The number of benzene rings is 1. The van der Waals surface area contributed by atoms with Crippen molar-refractivity contribution < 1.29 is 15.0 Å². The second kappa shape index (κ2) is 8.73. The third-order valence-electron chi connectivity index (χ3n) is 6.42. The molecule has 1 aliphatic heterocycles. The fourth-order valence-corrected chi connectivity index (χ4v) is 5.15. The minimum absolute atomic E-state index is 0. The van der Waals surface area contributed by atoms with Gasteiger partial charge in [0.15, 0.2) is 0 Å². The number of aliphatic hydroxyl groups is 1. The Morgan fingerprint density at radius 2 is 1.85 bits per heavy atom. The molecular formula is C21H32ClNO3. The van der Waals surface area contributed by atoms with Crippen molar-refractivity contribution in [3.05, 3.63) is 35.9 Å². The predicted octanol–water partition coefficient (Wildman–Crippen LogP) is 3.86. The molecule has 26 heavy (non-hydrogen) atoms. The maximum Gasteiger partial charge on any atom is 0.317 e. The summed E-state index contributed by atoms with van der Waals surface area (Å²) < 4.78 is 0. The van der Waals surface area contributed by atoms with Crippen LogP contribution in [0.5, 0.6) is 0 Å². The number of nitrogens with zero attached hydrogens (tertiary/aromatic N) is 1. The van der Waals surface area contributed by atoms with Crippen molar-refractivity contribution in [2.45, 2.75) is 62.4 Å². The van der Waals surface area contributed by atoms with E-state index >= 15 is 0 Å². The molecule has 5 heteroatoms. The Morgan fingerprint density at radius 3 is 2.42 bits per heavy atom. The van der Waals surface area contributed by atoms with Crippen LogP contribution < -0.4 is 0 Å². The third kappa shape index (κ3) is 3.92. The normalized spacial score (nSPS) is 25.7. The van der Waals surface area contributed by atoms with Crippen molar-refractivity contribution in [1.29, 1.82) is 0 Å². The van der Waals surface area contributed by atoms with Crippen LogP contribution in [0, 0.1) is 5.92 Å². The highest BCUT2D eigenvalue weighted by atomic mass is 35.5. The van der Waals surface area contributed by atoms with Gasteiger partial charge in [0.2, 0.25) is 0 Å². The van der Waals surface area contributed by atoms with E-state index in [1.165, 1.54) is 0 Å². The Labute approximate surface area is 163 Å². The van der Waals surface area contributed by atoms with Gasteiger partial charge in [-0.25, -0.2) is 0 Å². The summed E-state index contributed by atoms with van der Waals surface area (Å²) in [7, 11) is 2.10. The fourth-order valence-electron chi connectivity index (χ4n) is 5.15. The second-order valence-corrected chi connectivity index (χ2v) is 8.14. The molecule has 0 aromatic heterocycles. The summed E-state index contributed by atoms with van der Waals surface area (Å²) in [5.74, 6) is -0.558. The lowest BCUT2D eigenvalue weighted by Gasteiger charge is -2.49. The third-order valence-corrected chi connectivity index (χ3v) is 6.42. The van der Waals surface area contributed by atoms with Gasteiger partial charge < -0.3 is 15.1 Å². The van der Waals surface area contributed by atoms with E-state index in [0.717, 1.165) is 50.8 Å². The number of hydrogen-bond acceptors (Lipinski definition) is 3. The Hall–Kier alpha value is -1.10. The van der Waals surface area contributed by atoms with Gasteiger partial charge >= 0.3 is 5.97 Å². The van der Waals surface area contributed by atoms with Crippen LogP contribution in [0.3, 0.4) is 0 Å². The molecule has 2 N–H and O–H groups in total. The summed E-state index contributed by atoms with van der Waals surface area (Å²) in [5, 5.41) is 22.0. The molecule has 2 unspecified atom stereocenters. The van der Waals surface area contributed by atoms with Crippen LogP contribution in [-0.4, -0.2) is 46.8 Å². The minimum Gasteiger partial charge on any atom is -0.480 e. The van der Waals surface area contributed by atoms with Crippen LogP contribution in [0.1, 0.15) is 56.9 Å². The molecule has 3 rings (SSSR count).